The summed E-state index contributed by atoms with van der Waals surface area (Å²) in [5.41, 5.74) is 4.81. The number of nitrogens with two attached hydrogens (primary N) is 1. The Hall–Kier alpha value is -3.96. The van der Waals surface area contributed by atoms with Crippen molar-refractivity contribution in [1.29, 1.82) is 0 Å². The van der Waals surface area contributed by atoms with Crippen molar-refractivity contribution >= 4 is 36.0 Å². The van der Waals surface area contributed by atoms with Crippen molar-refractivity contribution in [2.45, 2.75) is 70.9 Å². The Morgan fingerprint density at radius 2 is 1.68 bits per heavy atom. The molecule has 0 saturated carbocycles. The first-order chi connectivity index (χ1) is 18.0. The van der Waals surface area contributed by atoms with Crippen LogP contribution in [0.3, 0.4) is 0 Å². The second-order valence-electron chi connectivity index (χ2n) is 9.80. The van der Waals surface area contributed by atoms with Gasteiger partial charge in [0.15, 0.2) is 6.61 Å². The van der Waals surface area contributed by atoms with Crippen molar-refractivity contribution in [3.63, 3.8) is 0 Å². The van der Waals surface area contributed by atoms with E-state index in [9.17, 15) is 28.8 Å². The molecular weight excluding hydrogens is 496 g/mol. The number of hydrogen-bond donors (Lipinski definition) is 3. The van der Waals surface area contributed by atoms with Gasteiger partial charge in [-0.3, -0.25) is 24.1 Å². The second kappa shape index (κ2) is 14.1. The Morgan fingerprint density at radius 1 is 1.03 bits per heavy atom. The highest BCUT2D eigenvalue weighted by molar-refractivity contribution is 6.24. The smallest absolute Gasteiger partial charge is 0.407 e. The van der Waals surface area contributed by atoms with E-state index in [0.29, 0.717) is 19.4 Å². The zero-order valence-electron chi connectivity index (χ0n) is 22.0. The van der Waals surface area contributed by atoms with E-state index in [0.717, 1.165) is 30.6 Å². The van der Waals surface area contributed by atoms with Gasteiger partial charge in [0.25, 0.3) is 17.7 Å². The van der Waals surface area contributed by atoms with Crippen LogP contribution in [0.1, 0.15) is 80.0 Å². The van der Waals surface area contributed by atoms with Crippen LogP contribution in [0.15, 0.2) is 18.2 Å². The molecule has 1 aromatic carbocycles. The number of alkyl carbamates (subject to hydrolysis) is 1. The molecule has 1 heterocycles. The third kappa shape index (κ3) is 8.86. The standard InChI is InChI=1S/C26H36N4O8/c1-26(2,3)38-25(36)29-14-7-5-4-6-13-28-20(32)16-37-19-12-8-10-17-21(19)24(35)30(23(17)34)18(22(27)33)11-9-15-31/h8,10,12,15,18H,4-7,9,11,13-14,16H2,1-3H3,(H2,27,33)(H,28,32)(H,29,36). The molecule has 0 bridgehead atoms. The highest BCUT2D eigenvalue weighted by Crippen LogP contribution is 2.32. The lowest BCUT2D eigenvalue weighted by molar-refractivity contribution is -0.123. The predicted molar refractivity (Wildman–Crippen MR) is 136 cm³/mol. The van der Waals surface area contributed by atoms with Crippen LogP contribution in [-0.4, -0.2) is 72.2 Å². The summed E-state index contributed by atoms with van der Waals surface area (Å²) < 4.78 is 10.7. The van der Waals surface area contributed by atoms with Crippen molar-refractivity contribution in [3.8, 4) is 5.75 Å². The number of primary amides is 1. The quantitative estimate of drug-likeness (QED) is 0.174. The van der Waals surface area contributed by atoms with Crippen LogP contribution in [0.2, 0.25) is 0 Å². The van der Waals surface area contributed by atoms with Gasteiger partial charge in [-0.1, -0.05) is 18.9 Å². The summed E-state index contributed by atoms with van der Waals surface area (Å²) in [6.45, 7) is 5.96. The van der Waals surface area contributed by atoms with Crippen LogP contribution >= 0.6 is 0 Å². The average molecular weight is 533 g/mol. The minimum Gasteiger partial charge on any atom is -0.483 e. The first-order valence-corrected chi connectivity index (χ1v) is 12.6. The van der Waals surface area contributed by atoms with Crippen LogP contribution in [0.4, 0.5) is 4.79 Å². The topological polar surface area (TPSA) is 174 Å². The molecule has 2 rings (SSSR count). The van der Waals surface area contributed by atoms with Gasteiger partial charge in [0.1, 0.15) is 23.7 Å². The Bertz CT molecular complexity index is 1050. The number of unbranched alkanes of at least 4 members (excludes halogenated alkanes) is 3. The summed E-state index contributed by atoms with van der Waals surface area (Å²) in [5, 5.41) is 5.43. The van der Waals surface area contributed by atoms with Gasteiger partial charge in [0, 0.05) is 19.5 Å². The van der Waals surface area contributed by atoms with E-state index in [2.05, 4.69) is 10.6 Å². The van der Waals surface area contributed by atoms with Gasteiger partial charge < -0.3 is 30.6 Å². The monoisotopic (exact) mass is 532 g/mol. The van der Waals surface area contributed by atoms with E-state index in [-0.39, 0.29) is 36.3 Å². The maximum absolute atomic E-state index is 13.0. The maximum Gasteiger partial charge on any atom is 0.407 e. The van der Waals surface area contributed by atoms with E-state index >= 15 is 0 Å². The number of nitrogens with one attached hydrogen (secondary N) is 2. The number of imide groups is 1. The number of nitrogens with zero attached hydrogens (tertiary/aromatic N) is 1. The van der Waals surface area contributed by atoms with Crippen molar-refractivity contribution in [2.24, 2.45) is 5.73 Å². The van der Waals surface area contributed by atoms with Crippen LogP contribution in [0.25, 0.3) is 0 Å². The SMILES string of the molecule is CC(C)(C)OC(=O)NCCCCCCNC(=O)COc1cccc2c1C(=O)N(C(CCC=O)C(N)=O)C2=O. The fourth-order valence-electron chi connectivity index (χ4n) is 3.83. The Balaban J connectivity index is 1.77. The molecule has 0 saturated heterocycles. The lowest BCUT2D eigenvalue weighted by atomic mass is 10.1. The normalized spacial score (nSPS) is 13.5. The van der Waals surface area contributed by atoms with Crippen molar-refractivity contribution in [1.82, 2.24) is 15.5 Å². The van der Waals surface area contributed by atoms with Gasteiger partial charge >= 0.3 is 6.09 Å². The largest absolute Gasteiger partial charge is 0.483 e. The maximum atomic E-state index is 13.0. The number of aldehydes is 1. The summed E-state index contributed by atoms with van der Waals surface area (Å²) in [7, 11) is 0. The molecule has 0 fully saturated rings. The number of carbonyl (C=O) groups excluding carboxylic acids is 6. The number of amides is 5. The molecule has 1 aromatic rings. The summed E-state index contributed by atoms with van der Waals surface area (Å²) in [4.78, 5) is 72.9. The number of carbonyl (C=O) groups is 6. The Labute approximate surface area is 221 Å². The van der Waals surface area contributed by atoms with Crippen molar-refractivity contribution < 1.29 is 38.2 Å². The second-order valence-corrected chi connectivity index (χ2v) is 9.80. The van der Waals surface area contributed by atoms with Crippen LogP contribution in [-0.2, 0) is 19.1 Å². The fraction of sp³-hybridized carbons (Fsp3) is 0.538. The number of benzene rings is 1. The molecule has 5 amide bonds. The van der Waals surface area contributed by atoms with Crippen molar-refractivity contribution in [2.75, 3.05) is 19.7 Å². The highest BCUT2D eigenvalue weighted by atomic mass is 16.6. The zero-order valence-corrected chi connectivity index (χ0v) is 22.0. The van der Waals surface area contributed by atoms with E-state index in [1.54, 1.807) is 20.8 Å². The summed E-state index contributed by atoms with van der Waals surface area (Å²) >= 11 is 0. The molecule has 1 unspecified atom stereocenters. The number of ether oxygens (including phenoxy) is 2. The minimum absolute atomic E-state index is 0.0337. The van der Waals surface area contributed by atoms with E-state index in [1.807, 2.05) is 0 Å². The van der Waals surface area contributed by atoms with Gasteiger partial charge in [0.2, 0.25) is 5.91 Å². The zero-order chi connectivity index (χ0) is 28.3. The first kappa shape index (κ1) is 30.3. The minimum atomic E-state index is -1.27. The third-order valence-corrected chi connectivity index (χ3v) is 5.56. The molecule has 4 N–H and O–H groups in total. The summed E-state index contributed by atoms with van der Waals surface area (Å²) in [6, 6.07) is 3.11. The Kier molecular flexibility index (Phi) is 11.2. The molecule has 0 aromatic heterocycles. The number of fused-ring (bicyclic) bond motifs is 1. The van der Waals surface area contributed by atoms with Crippen molar-refractivity contribution in [3.05, 3.63) is 29.3 Å². The van der Waals surface area contributed by atoms with E-state index < -0.39 is 41.4 Å². The Morgan fingerprint density at radius 3 is 2.29 bits per heavy atom. The van der Waals surface area contributed by atoms with Crippen LogP contribution < -0.4 is 21.1 Å². The molecule has 12 heteroatoms. The molecule has 1 atom stereocenters. The molecule has 1 aliphatic heterocycles. The first-order valence-electron chi connectivity index (χ1n) is 12.6. The molecule has 12 nitrogen and oxygen atoms in total. The number of hydrogen-bond acceptors (Lipinski definition) is 8. The van der Waals surface area contributed by atoms with Gasteiger partial charge in [0.05, 0.1) is 11.1 Å². The molecule has 1 aliphatic rings. The number of rotatable bonds is 15. The molecule has 38 heavy (non-hydrogen) atoms. The summed E-state index contributed by atoms with van der Waals surface area (Å²) in [5.74, 6) is -2.74. The molecule has 0 radical (unpaired) electrons. The van der Waals surface area contributed by atoms with Gasteiger partial charge in [-0.15, -0.1) is 0 Å². The average Bonchev–Trinajstić information content (AvgIpc) is 3.09. The van der Waals surface area contributed by atoms with E-state index in [4.69, 9.17) is 15.2 Å². The fourth-order valence-corrected chi connectivity index (χ4v) is 3.83. The van der Waals surface area contributed by atoms with Gasteiger partial charge in [-0.2, -0.15) is 0 Å². The summed E-state index contributed by atoms with van der Waals surface area (Å²) in [6.07, 6.45) is 3.23. The molecule has 208 valence electrons. The van der Waals surface area contributed by atoms with Crippen LogP contribution in [0.5, 0.6) is 5.75 Å². The molecule has 0 aliphatic carbocycles. The lowest BCUT2D eigenvalue weighted by Crippen LogP contribution is -2.47. The molecular formula is C26H36N4O8. The highest BCUT2D eigenvalue weighted by Gasteiger charge is 2.43. The molecule has 0 spiro atoms. The van der Waals surface area contributed by atoms with Gasteiger partial charge in [-0.25, -0.2) is 4.79 Å². The third-order valence-electron chi connectivity index (χ3n) is 5.56. The van der Waals surface area contributed by atoms with E-state index in [1.165, 1.54) is 18.2 Å². The lowest BCUT2D eigenvalue weighted by Gasteiger charge is -2.22. The predicted octanol–water partition coefficient (Wildman–Crippen LogP) is 1.70. The van der Waals surface area contributed by atoms with Crippen LogP contribution in [0, 0.1) is 0 Å². The van der Waals surface area contributed by atoms with Gasteiger partial charge in [-0.05, 0) is 52.2 Å².